The Balaban J connectivity index is 1.69. The molecule has 1 aromatic rings. The zero-order chi connectivity index (χ0) is 13.9. The Bertz CT molecular complexity index is 441. The molecule has 5 nitrogen and oxygen atoms in total. The van der Waals surface area contributed by atoms with E-state index in [2.05, 4.69) is 25.8 Å². The Labute approximate surface area is 120 Å². The van der Waals surface area contributed by atoms with Crippen LogP contribution in [0.3, 0.4) is 0 Å². The molecule has 2 fully saturated rings. The number of rotatable bonds is 5. The van der Waals surface area contributed by atoms with Gasteiger partial charge >= 0.3 is 0 Å². The predicted molar refractivity (Wildman–Crippen MR) is 78.8 cm³/mol. The van der Waals surface area contributed by atoms with E-state index >= 15 is 0 Å². The van der Waals surface area contributed by atoms with Crippen LogP contribution in [0.5, 0.6) is 0 Å². The highest BCUT2D eigenvalue weighted by Gasteiger charge is 2.36. The summed E-state index contributed by atoms with van der Waals surface area (Å²) < 4.78 is 0. The lowest BCUT2D eigenvalue weighted by Crippen LogP contribution is -2.47. The summed E-state index contributed by atoms with van der Waals surface area (Å²) in [5.74, 6) is 1.10. The number of nitrogens with zero attached hydrogens (tertiary/aromatic N) is 4. The van der Waals surface area contributed by atoms with Crippen molar-refractivity contribution in [3.8, 4) is 0 Å². The number of β-amino-alcohol motifs (C(OH)–C–C–N with tert-alkyl or cyclic N) is 1. The molecule has 20 heavy (non-hydrogen) atoms. The number of anilines is 1. The van der Waals surface area contributed by atoms with E-state index < -0.39 is 0 Å². The monoisotopic (exact) mass is 276 g/mol. The molecule has 1 aliphatic heterocycles. The maximum absolute atomic E-state index is 9.03. The number of aliphatic hydroxyl groups excluding tert-OH is 1. The standard InChI is InChI=1S/C15H24N4O/c1-12-10-15(17-11-16-12)19(13-2-3-13)14-4-6-18(7-5-14)8-9-20/h10-11,13-14,20H,2-9H2,1H3. The number of aryl methyl sites for hydroxylation is 1. The fourth-order valence-electron chi connectivity index (χ4n) is 3.17. The zero-order valence-corrected chi connectivity index (χ0v) is 12.2. The maximum Gasteiger partial charge on any atom is 0.132 e. The SMILES string of the molecule is Cc1cc(N(C2CC2)C2CCN(CCO)CC2)ncn1. The van der Waals surface area contributed by atoms with Crippen LogP contribution in [0, 0.1) is 6.92 Å². The first-order valence-corrected chi connectivity index (χ1v) is 7.68. The van der Waals surface area contributed by atoms with E-state index in [1.807, 2.05) is 6.92 Å². The van der Waals surface area contributed by atoms with Gasteiger partial charge in [-0.25, -0.2) is 9.97 Å². The fourth-order valence-corrected chi connectivity index (χ4v) is 3.17. The molecule has 110 valence electrons. The van der Waals surface area contributed by atoms with Crippen molar-refractivity contribution in [2.24, 2.45) is 0 Å². The smallest absolute Gasteiger partial charge is 0.132 e. The molecule has 5 heteroatoms. The number of hydrogen-bond acceptors (Lipinski definition) is 5. The predicted octanol–water partition coefficient (Wildman–Crippen LogP) is 1.21. The van der Waals surface area contributed by atoms with Crippen LogP contribution in [0.2, 0.25) is 0 Å². The lowest BCUT2D eigenvalue weighted by atomic mass is 10.0. The third kappa shape index (κ3) is 3.10. The largest absolute Gasteiger partial charge is 0.395 e. The molecule has 3 rings (SSSR count). The van der Waals surface area contributed by atoms with E-state index in [1.165, 1.54) is 25.7 Å². The molecule has 0 unspecified atom stereocenters. The van der Waals surface area contributed by atoms with Crippen molar-refractivity contribution >= 4 is 5.82 Å². The first-order chi connectivity index (χ1) is 9.78. The number of aliphatic hydroxyl groups is 1. The first-order valence-electron chi connectivity index (χ1n) is 7.68. The summed E-state index contributed by atoms with van der Waals surface area (Å²) in [6.45, 7) is 5.27. The molecule has 2 heterocycles. The van der Waals surface area contributed by atoms with Crippen molar-refractivity contribution in [1.82, 2.24) is 14.9 Å². The van der Waals surface area contributed by atoms with E-state index in [9.17, 15) is 0 Å². The van der Waals surface area contributed by atoms with E-state index in [0.29, 0.717) is 12.1 Å². The minimum atomic E-state index is 0.266. The summed E-state index contributed by atoms with van der Waals surface area (Å²) in [4.78, 5) is 13.6. The average Bonchev–Trinajstić information content (AvgIpc) is 3.26. The highest BCUT2D eigenvalue weighted by molar-refractivity contribution is 5.43. The van der Waals surface area contributed by atoms with Crippen molar-refractivity contribution < 1.29 is 5.11 Å². The fraction of sp³-hybridized carbons (Fsp3) is 0.733. The molecule has 1 aromatic heterocycles. The summed E-state index contributed by atoms with van der Waals surface area (Å²) in [6.07, 6.45) is 6.60. The Morgan fingerprint density at radius 2 is 1.90 bits per heavy atom. The lowest BCUT2D eigenvalue weighted by Gasteiger charge is -2.39. The van der Waals surface area contributed by atoms with Gasteiger partial charge in [0.15, 0.2) is 0 Å². The number of hydrogen-bond donors (Lipinski definition) is 1. The second-order valence-electron chi connectivity index (χ2n) is 5.95. The lowest BCUT2D eigenvalue weighted by molar-refractivity contribution is 0.162. The van der Waals surface area contributed by atoms with Crippen LogP contribution in [0.15, 0.2) is 12.4 Å². The Morgan fingerprint density at radius 1 is 1.20 bits per heavy atom. The molecule has 0 radical (unpaired) electrons. The summed E-state index contributed by atoms with van der Waals surface area (Å²) in [7, 11) is 0. The average molecular weight is 276 g/mol. The molecule has 1 saturated heterocycles. The van der Waals surface area contributed by atoms with Gasteiger partial charge in [-0.2, -0.15) is 0 Å². The van der Waals surface area contributed by atoms with Crippen LogP contribution in [0.25, 0.3) is 0 Å². The molecule has 0 aromatic carbocycles. The van der Waals surface area contributed by atoms with Crippen molar-refractivity contribution in [3.63, 3.8) is 0 Å². The first kappa shape index (κ1) is 13.8. The van der Waals surface area contributed by atoms with Gasteiger partial charge in [0.2, 0.25) is 0 Å². The van der Waals surface area contributed by atoms with Gasteiger partial charge in [-0.05, 0) is 32.6 Å². The Kier molecular flexibility index (Phi) is 4.17. The van der Waals surface area contributed by atoms with Gasteiger partial charge in [-0.15, -0.1) is 0 Å². The van der Waals surface area contributed by atoms with Crippen LogP contribution in [0.1, 0.15) is 31.4 Å². The molecule has 1 aliphatic carbocycles. The normalized spacial score (nSPS) is 21.1. The molecular formula is C15H24N4O. The molecule has 2 aliphatic rings. The van der Waals surface area contributed by atoms with Crippen LogP contribution in [-0.2, 0) is 0 Å². The number of piperidine rings is 1. The maximum atomic E-state index is 9.03. The summed E-state index contributed by atoms with van der Waals surface area (Å²) >= 11 is 0. The zero-order valence-electron chi connectivity index (χ0n) is 12.2. The molecule has 1 saturated carbocycles. The van der Waals surface area contributed by atoms with E-state index in [1.54, 1.807) is 6.33 Å². The minimum Gasteiger partial charge on any atom is -0.395 e. The van der Waals surface area contributed by atoms with Crippen LogP contribution in [-0.4, -0.2) is 58.3 Å². The summed E-state index contributed by atoms with van der Waals surface area (Å²) in [5.41, 5.74) is 1.04. The topological polar surface area (TPSA) is 52.5 Å². The van der Waals surface area contributed by atoms with Gasteiger partial charge < -0.3 is 14.9 Å². The number of likely N-dealkylation sites (tertiary alicyclic amines) is 1. The van der Waals surface area contributed by atoms with Crippen molar-refractivity contribution in [2.45, 2.75) is 44.7 Å². The number of aromatic nitrogens is 2. The Morgan fingerprint density at radius 3 is 2.50 bits per heavy atom. The molecular weight excluding hydrogens is 252 g/mol. The molecule has 0 spiro atoms. The van der Waals surface area contributed by atoms with E-state index in [-0.39, 0.29) is 6.61 Å². The van der Waals surface area contributed by atoms with Gasteiger partial charge in [-0.3, -0.25) is 0 Å². The second-order valence-corrected chi connectivity index (χ2v) is 5.95. The molecule has 0 bridgehead atoms. The van der Waals surface area contributed by atoms with Crippen molar-refractivity contribution in [2.75, 3.05) is 31.1 Å². The van der Waals surface area contributed by atoms with Gasteiger partial charge in [0.05, 0.1) is 6.61 Å². The molecule has 0 amide bonds. The van der Waals surface area contributed by atoms with Crippen molar-refractivity contribution in [1.29, 1.82) is 0 Å². The Hall–Kier alpha value is -1.20. The van der Waals surface area contributed by atoms with E-state index in [0.717, 1.165) is 31.1 Å². The van der Waals surface area contributed by atoms with Crippen LogP contribution >= 0.6 is 0 Å². The molecule has 1 N–H and O–H groups in total. The third-order valence-electron chi connectivity index (χ3n) is 4.36. The van der Waals surface area contributed by atoms with Crippen LogP contribution in [0.4, 0.5) is 5.82 Å². The summed E-state index contributed by atoms with van der Waals surface area (Å²) in [6, 6.07) is 3.38. The van der Waals surface area contributed by atoms with Gasteiger partial charge in [0, 0.05) is 43.5 Å². The van der Waals surface area contributed by atoms with Gasteiger partial charge in [0.25, 0.3) is 0 Å². The van der Waals surface area contributed by atoms with Crippen LogP contribution < -0.4 is 4.90 Å². The minimum absolute atomic E-state index is 0.266. The summed E-state index contributed by atoms with van der Waals surface area (Å²) in [5, 5.41) is 9.03. The van der Waals surface area contributed by atoms with Gasteiger partial charge in [0.1, 0.15) is 12.1 Å². The highest BCUT2D eigenvalue weighted by Crippen LogP contribution is 2.35. The second kappa shape index (κ2) is 6.06. The third-order valence-corrected chi connectivity index (χ3v) is 4.36. The van der Waals surface area contributed by atoms with Crippen molar-refractivity contribution in [3.05, 3.63) is 18.1 Å². The quantitative estimate of drug-likeness (QED) is 0.876. The van der Waals surface area contributed by atoms with Gasteiger partial charge in [-0.1, -0.05) is 0 Å². The highest BCUT2D eigenvalue weighted by atomic mass is 16.3. The van der Waals surface area contributed by atoms with E-state index in [4.69, 9.17) is 5.11 Å². The molecule has 0 atom stereocenters.